The molecule has 6 heteroatoms. The molecule has 0 aromatic rings. The van der Waals surface area contributed by atoms with Crippen molar-refractivity contribution in [3.05, 3.63) is 85.1 Å². The van der Waals surface area contributed by atoms with E-state index in [0.29, 0.717) is 19.3 Å². The minimum absolute atomic E-state index is 0.0804. The Bertz CT molecular complexity index is 1570. The van der Waals surface area contributed by atoms with Crippen molar-refractivity contribution in [1.29, 1.82) is 0 Å². The number of allylic oxidation sites excluding steroid dienone is 14. The highest BCUT2D eigenvalue weighted by molar-refractivity contribution is 5.71. The maximum atomic E-state index is 13.0. The molecule has 0 aliphatic rings. The lowest BCUT2D eigenvalue weighted by atomic mass is 10.0. The standard InChI is InChI=1S/C77H136O6/c1-4-7-10-13-16-19-22-25-28-31-33-35-36-37-38-39-40-42-43-46-49-52-55-58-61-64-67-70-76(79)82-73-74(72-81-75(78)69-66-63-60-57-54-51-48-45-30-27-24-21-18-15-12-9-6-3)83-77(80)71-68-65-62-59-56-53-50-47-44-41-34-32-29-26-23-20-17-14-11-8-5-2/h8,11,17,20,22,25-26,29,31,33-34,41,47,50,74H,4-7,9-10,12-16,18-19,21,23-24,27-28,30,32,35-40,42-46,48-49,51-73H2,1-3H3/b11-8-,20-17-,25-22-,29-26-,33-31-,41-34-,50-47-. The van der Waals surface area contributed by atoms with Gasteiger partial charge in [0.1, 0.15) is 13.2 Å². The van der Waals surface area contributed by atoms with E-state index in [0.717, 1.165) is 116 Å². The van der Waals surface area contributed by atoms with Crippen LogP contribution in [-0.2, 0) is 28.6 Å². The number of hydrogen-bond donors (Lipinski definition) is 0. The predicted molar refractivity (Wildman–Crippen MR) is 362 cm³/mol. The lowest BCUT2D eigenvalue weighted by molar-refractivity contribution is -0.167. The van der Waals surface area contributed by atoms with E-state index >= 15 is 0 Å². The molecule has 0 aromatic heterocycles. The SMILES string of the molecule is CC/C=C\C/C=C\C/C=C\C/C=C\C/C=C\CCCCCCCC(=O)OC(COC(=O)CCCCCCCCCCCCCCCCC/C=C\C/C=C\CCCCCCC)COC(=O)CCCCCCCCCCCCCCCCCCC. The molecule has 0 N–H and O–H groups in total. The van der Waals surface area contributed by atoms with Gasteiger partial charge in [-0.3, -0.25) is 14.4 Å². The van der Waals surface area contributed by atoms with Gasteiger partial charge >= 0.3 is 17.9 Å². The third kappa shape index (κ3) is 69.3. The number of rotatable bonds is 66. The van der Waals surface area contributed by atoms with E-state index in [-0.39, 0.29) is 31.1 Å². The number of unbranched alkanes of at least 4 members (excludes halogenated alkanes) is 41. The van der Waals surface area contributed by atoms with Gasteiger partial charge in [-0.25, -0.2) is 0 Å². The van der Waals surface area contributed by atoms with E-state index in [1.165, 1.54) is 212 Å². The van der Waals surface area contributed by atoms with Crippen molar-refractivity contribution in [2.45, 2.75) is 374 Å². The summed E-state index contributed by atoms with van der Waals surface area (Å²) < 4.78 is 17.0. The molecule has 0 aromatic carbocycles. The molecule has 0 saturated heterocycles. The molecule has 0 saturated carbocycles. The molecule has 0 rings (SSSR count). The average molecular weight is 1160 g/mol. The average Bonchev–Trinajstić information content (AvgIpc) is 3.50. The molecule has 0 heterocycles. The Morgan fingerprint density at radius 1 is 0.253 bits per heavy atom. The van der Waals surface area contributed by atoms with Crippen molar-refractivity contribution >= 4 is 17.9 Å². The van der Waals surface area contributed by atoms with Gasteiger partial charge in [0.2, 0.25) is 0 Å². The second kappa shape index (κ2) is 71.1. The number of ether oxygens (including phenoxy) is 3. The Kier molecular flexibility index (Phi) is 68.2. The zero-order valence-corrected chi connectivity index (χ0v) is 55.2. The quantitative estimate of drug-likeness (QED) is 0.0261. The molecule has 0 fully saturated rings. The highest BCUT2D eigenvalue weighted by atomic mass is 16.6. The Morgan fingerprint density at radius 2 is 0.470 bits per heavy atom. The number of hydrogen-bond acceptors (Lipinski definition) is 6. The predicted octanol–water partition coefficient (Wildman–Crippen LogP) is 25.0. The molecule has 0 radical (unpaired) electrons. The van der Waals surface area contributed by atoms with Crippen LogP contribution in [0.25, 0.3) is 0 Å². The first kappa shape index (κ1) is 79.6. The summed E-state index contributed by atoms with van der Waals surface area (Å²) in [6.45, 7) is 6.56. The summed E-state index contributed by atoms with van der Waals surface area (Å²) in [5, 5.41) is 0. The van der Waals surface area contributed by atoms with Crippen LogP contribution in [0.3, 0.4) is 0 Å². The van der Waals surface area contributed by atoms with Crippen LogP contribution in [0.1, 0.15) is 367 Å². The maximum absolute atomic E-state index is 13.0. The van der Waals surface area contributed by atoms with Crippen LogP contribution in [0.15, 0.2) is 85.1 Å². The van der Waals surface area contributed by atoms with Crippen LogP contribution in [-0.4, -0.2) is 37.2 Å². The second-order valence-corrected chi connectivity index (χ2v) is 24.1. The lowest BCUT2D eigenvalue weighted by Crippen LogP contribution is -2.30. The Morgan fingerprint density at radius 3 is 0.735 bits per heavy atom. The number of esters is 3. The van der Waals surface area contributed by atoms with Crippen molar-refractivity contribution in [2.75, 3.05) is 13.2 Å². The first-order valence-electron chi connectivity index (χ1n) is 36.1. The van der Waals surface area contributed by atoms with E-state index in [2.05, 4.69) is 106 Å². The minimum atomic E-state index is -0.788. The fraction of sp³-hybridized carbons (Fsp3) is 0.779. The topological polar surface area (TPSA) is 78.9 Å². The molecular weight excluding hydrogens is 1020 g/mol. The van der Waals surface area contributed by atoms with Crippen molar-refractivity contribution in [3.8, 4) is 0 Å². The Balaban J connectivity index is 4.33. The molecule has 480 valence electrons. The van der Waals surface area contributed by atoms with Gasteiger partial charge in [-0.1, -0.05) is 337 Å². The zero-order valence-electron chi connectivity index (χ0n) is 55.2. The van der Waals surface area contributed by atoms with Crippen LogP contribution in [0, 0.1) is 0 Å². The van der Waals surface area contributed by atoms with Crippen LogP contribution in [0.4, 0.5) is 0 Å². The van der Waals surface area contributed by atoms with Gasteiger partial charge in [-0.05, 0) is 96.3 Å². The normalized spacial score (nSPS) is 12.6. The second-order valence-electron chi connectivity index (χ2n) is 24.1. The van der Waals surface area contributed by atoms with Crippen molar-refractivity contribution in [2.24, 2.45) is 0 Å². The summed E-state index contributed by atoms with van der Waals surface area (Å²) in [6, 6.07) is 0. The summed E-state index contributed by atoms with van der Waals surface area (Å²) in [4.78, 5) is 38.5. The molecule has 6 nitrogen and oxygen atoms in total. The van der Waals surface area contributed by atoms with E-state index in [4.69, 9.17) is 14.2 Å². The smallest absolute Gasteiger partial charge is 0.306 e. The molecule has 1 unspecified atom stereocenters. The monoisotopic (exact) mass is 1160 g/mol. The highest BCUT2D eigenvalue weighted by Gasteiger charge is 2.19. The Hall–Kier alpha value is -3.41. The summed E-state index contributed by atoms with van der Waals surface area (Å²) in [7, 11) is 0. The van der Waals surface area contributed by atoms with Crippen molar-refractivity contribution in [3.63, 3.8) is 0 Å². The molecule has 0 aliphatic carbocycles. The fourth-order valence-corrected chi connectivity index (χ4v) is 10.5. The summed E-state index contributed by atoms with van der Waals surface area (Å²) in [6.07, 6.45) is 94.6. The molecule has 0 aliphatic heterocycles. The van der Waals surface area contributed by atoms with E-state index in [9.17, 15) is 14.4 Å². The van der Waals surface area contributed by atoms with Crippen LogP contribution in [0.5, 0.6) is 0 Å². The first-order chi connectivity index (χ1) is 41.0. The van der Waals surface area contributed by atoms with Gasteiger partial charge in [-0.15, -0.1) is 0 Å². The fourth-order valence-electron chi connectivity index (χ4n) is 10.5. The maximum Gasteiger partial charge on any atom is 0.306 e. The Labute approximate surface area is 515 Å². The van der Waals surface area contributed by atoms with E-state index < -0.39 is 6.10 Å². The van der Waals surface area contributed by atoms with Gasteiger partial charge in [0.15, 0.2) is 6.10 Å². The zero-order chi connectivity index (χ0) is 59.9. The minimum Gasteiger partial charge on any atom is -0.462 e. The van der Waals surface area contributed by atoms with Gasteiger partial charge in [0, 0.05) is 19.3 Å². The third-order valence-corrected chi connectivity index (χ3v) is 15.9. The number of carbonyl (C=O) groups excluding carboxylic acids is 3. The van der Waals surface area contributed by atoms with Crippen LogP contribution < -0.4 is 0 Å². The van der Waals surface area contributed by atoms with Crippen LogP contribution >= 0.6 is 0 Å². The molecule has 1 atom stereocenters. The molecule has 0 amide bonds. The lowest BCUT2D eigenvalue weighted by Gasteiger charge is -2.18. The molecule has 0 bridgehead atoms. The largest absolute Gasteiger partial charge is 0.462 e. The number of carbonyl (C=O) groups is 3. The summed E-state index contributed by atoms with van der Waals surface area (Å²) in [5.41, 5.74) is 0. The van der Waals surface area contributed by atoms with Crippen molar-refractivity contribution < 1.29 is 28.6 Å². The first-order valence-corrected chi connectivity index (χ1v) is 36.1. The third-order valence-electron chi connectivity index (χ3n) is 15.9. The van der Waals surface area contributed by atoms with Gasteiger partial charge < -0.3 is 14.2 Å². The van der Waals surface area contributed by atoms with Gasteiger partial charge in [-0.2, -0.15) is 0 Å². The highest BCUT2D eigenvalue weighted by Crippen LogP contribution is 2.18. The summed E-state index contributed by atoms with van der Waals surface area (Å²) >= 11 is 0. The summed E-state index contributed by atoms with van der Waals surface area (Å²) in [5.74, 6) is -0.878. The van der Waals surface area contributed by atoms with E-state index in [1.807, 2.05) is 0 Å². The van der Waals surface area contributed by atoms with Gasteiger partial charge in [0.25, 0.3) is 0 Å². The van der Waals surface area contributed by atoms with Crippen LogP contribution in [0.2, 0.25) is 0 Å². The molecular formula is C77H136O6. The molecule has 83 heavy (non-hydrogen) atoms. The van der Waals surface area contributed by atoms with Gasteiger partial charge in [0.05, 0.1) is 0 Å². The van der Waals surface area contributed by atoms with E-state index in [1.54, 1.807) is 0 Å². The van der Waals surface area contributed by atoms with Crippen molar-refractivity contribution in [1.82, 2.24) is 0 Å². The molecule has 0 spiro atoms.